The highest BCUT2D eigenvalue weighted by Gasteiger charge is 2.09. The summed E-state index contributed by atoms with van der Waals surface area (Å²) in [6.45, 7) is 0. The Labute approximate surface area is 141 Å². The molecule has 23 heavy (non-hydrogen) atoms. The van der Waals surface area contributed by atoms with Crippen LogP contribution in [0, 0.1) is 0 Å². The van der Waals surface area contributed by atoms with Gasteiger partial charge in [0.1, 0.15) is 16.5 Å². The van der Waals surface area contributed by atoms with Crippen LogP contribution in [0.5, 0.6) is 0 Å². The van der Waals surface area contributed by atoms with Gasteiger partial charge in [-0.25, -0.2) is 9.37 Å². The second kappa shape index (κ2) is 6.07. The van der Waals surface area contributed by atoms with Crippen LogP contribution in [-0.4, -0.2) is 4.98 Å². The van der Waals surface area contributed by atoms with Gasteiger partial charge in [0.05, 0.1) is 4.88 Å². The zero-order valence-corrected chi connectivity index (χ0v) is 13.7. The molecule has 0 saturated carbocycles. The maximum Gasteiger partial charge on any atom is 0.150 e. The smallest absolute Gasteiger partial charge is 0.150 e. The molecular weight excluding hydrogens is 325 g/mol. The van der Waals surface area contributed by atoms with Crippen molar-refractivity contribution in [2.24, 2.45) is 0 Å². The Kier molecular flexibility index (Phi) is 3.77. The normalized spacial score (nSPS) is 12.0. The number of fused-ring (bicyclic) bond motifs is 1. The molecule has 0 aliphatic heterocycles. The van der Waals surface area contributed by atoms with E-state index < -0.39 is 0 Å². The van der Waals surface area contributed by atoms with E-state index in [9.17, 15) is 4.39 Å². The molecular formula is C19H12FNS2. The van der Waals surface area contributed by atoms with Crippen LogP contribution in [0.2, 0.25) is 0 Å². The van der Waals surface area contributed by atoms with Gasteiger partial charge < -0.3 is 0 Å². The third-order valence-electron chi connectivity index (χ3n) is 3.55. The first-order chi connectivity index (χ1) is 11.3. The van der Waals surface area contributed by atoms with E-state index in [0.717, 1.165) is 26.2 Å². The van der Waals surface area contributed by atoms with Crippen molar-refractivity contribution in [3.8, 4) is 9.88 Å². The molecule has 4 rings (SSSR count). The lowest BCUT2D eigenvalue weighted by atomic mass is 10.1. The number of hydrogen-bond acceptors (Lipinski definition) is 3. The number of halogens is 1. The van der Waals surface area contributed by atoms with Gasteiger partial charge in [-0.3, -0.25) is 0 Å². The molecule has 0 aliphatic carbocycles. The minimum absolute atomic E-state index is 0.306. The van der Waals surface area contributed by atoms with Crippen LogP contribution < -0.4 is 0 Å². The summed E-state index contributed by atoms with van der Waals surface area (Å²) in [5.74, 6) is -0.306. The largest absolute Gasteiger partial charge is 0.233 e. The maximum absolute atomic E-state index is 14.5. The Morgan fingerprint density at radius 1 is 0.957 bits per heavy atom. The zero-order chi connectivity index (χ0) is 15.6. The molecule has 0 atom stereocenters. The molecule has 2 aromatic carbocycles. The van der Waals surface area contributed by atoms with Gasteiger partial charge >= 0.3 is 0 Å². The SMILES string of the molecule is F/C(=C/c1ccc2ccccc2c1)c1csc(-c2cccs2)n1. The Balaban J connectivity index is 1.67. The number of aromatic nitrogens is 1. The Morgan fingerprint density at radius 3 is 2.65 bits per heavy atom. The maximum atomic E-state index is 14.5. The highest BCUT2D eigenvalue weighted by molar-refractivity contribution is 7.20. The van der Waals surface area contributed by atoms with Crippen molar-refractivity contribution in [1.29, 1.82) is 0 Å². The van der Waals surface area contributed by atoms with Crippen molar-refractivity contribution in [1.82, 2.24) is 4.98 Å². The molecule has 4 heteroatoms. The number of hydrogen-bond donors (Lipinski definition) is 0. The van der Waals surface area contributed by atoms with E-state index >= 15 is 0 Å². The molecule has 0 spiro atoms. The van der Waals surface area contributed by atoms with Gasteiger partial charge in [-0.2, -0.15) is 0 Å². The predicted octanol–water partition coefficient (Wildman–Crippen LogP) is 6.49. The van der Waals surface area contributed by atoms with E-state index in [2.05, 4.69) is 4.98 Å². The minimum atomic E-state index is -0.306. The van der Waals surface area contributed by atoms with Crippen molar-refractivity contribution in [2.75, 3.05) is 0 Å². The molecule has 0 amide bonds. The average Bonchev–Trinajstić information content (AvgIpc) is 3.26. The van der Waals surface area contributed by atoms with Crippen LogP contribution in [0.4, 0.5) is 4.39 Å². The van der Waals surface area contributed by atoms with E-state index in [1.165, 1.54) is 11.3 Å². The minimum Gasteiger partial charge on any atom is -0.233 e. The summed E-state index contributed by atoms with van der Waals surface area (Å²) in [7, 11) is 0. The van der Waals surface area contributed by atoms with Crippen molar-refractivity contribution < 1.29 is 4.39 Å². The third-order valence-corrected chi connectivity index (χ3v) is 5.43. The summed E-state index contributed by atoms with van der Waals surface area (Å²) >= 11 is 3.08. The lowest BCUT2D eigenvalue weighted by molar-refractivity contribution is 0.760. The summed E-state index contributed by atoms with van der Waals surface area (Å²) in [6.07, 6.45) is 1.54. The van der Waals surface area contributed by atoms with Crippen LogP contribution in [0.25, 0.3) is 32.6 Å². The second-order valence-corrected chi connectivity index (χ2v) is 6.92. The Morgan fingerprint density at radius 2 is 1.83 bits per heavy atom. The van der Waals surface area contributed by atoms with Gasteiger partial charge in [-0.05, 0) is 39.9 Å². The van der Waals surface area contributed by atoms with Gasteiger partial charge in [0, 0.05) is 5.38 Å². The van der Waals surface area contributed by atoms with E-state index in [-0.39, 0.29) is 5.83 Å². The number of thiazole rings is 1. The second-order valence-electron chi connectivity index (χ2n) is 5.11. The monoisotopic (exact) mass is 337 g/mol. The highest BCUT2D eigenvalue weighted by Crippen LogP contribution is 2.31. The first-order valence-corrected chi connectivity index (χ1v) is 8.91. The Bertz CT molecular complexity index is 983. The highest BCUT2D eigenvalue weighted by atomic mass is 32.1. The predicted molar refractivity (Wildman–Crippen MR) is 98.4 cm³/mol. The zero-order valence-electron chi connectivity index (χ0n) is 12.1. The Hall–Kier alpha value is -2.30. The summed E-state index contributed by atoms with van der Waals surface area (Å²) in [6, 6.07) is 18.0. The number of rotatable bonds is 3. The summed E-state index contributed by atoms with van der Waals surface area (Å²) < 4.78 is 14.5. The molecule has 1 nitrogen and oxygen atoms in total. The fraction of sp³-hybridized carbons (Fsp3) is 0. The molecule has 0 unspecified atom stereocenters. The van der Waals surface area contributed by atoms with E-state index in [4.69, 9.17) is 0 Å². The van der Waals surface area contributed by atoms with Gasteiger partial charge in [0.2, 0.25) is 0 Å². The fourth-order valence-corrected chi connectivity index (χ4v) is 4.03. The summed E-state index contributed by atoms with van der Waals surface area (Å²) in [4.78, 5) is 5.47. The summed E-state index contributed by atoms with van der Waals surface area (Å²) in [5, 5.41) is 6.88. The van der Waals surface area contributed by atoms with Gasteiger partial charge in [0.15, 0.2) is 0 Å². The molecule has 0 saturated heterocycles. The van der Waals surface area contributed by atoms with Crippen LogP contribution in [0.15, 0.2) is 65.4 Å². The number of benzene rings is 2. The van der Waals surface area contributed by atoms with Gasteiger partial charge in [-0.15, -0.1) is 22.7 Å². The van der Waals surface area contributed by atoms with Crippen LogP contribution in [0.3, 0.4) is 0 Å². The molecule has 2 heterocycles. The van der Waals surface area contributed by atoms with E-state index in [1.807, 2.05) is 60.0 Å². The molecule has 2 aromatic heterocycles. The summed E-state index contributed by atoms with van der Waals surface area (Å²) in [5.41, 5.74) is 1.23. The topological polar surface area (TPSA) is 12.9 Å². The van der Waals surface area contributed by atoms with E-state index in [0.29, 0.717) is 5.69 Å². The molecule has 0 fully saturated rings. The van der Waals surface area contributed by atoms with Crippen molar-refractivity contribution in [2.45, 2.75) is 0 Å². The van der Waals surface area contributed by atoms with Gasteiger partial charge in [0.25, 0.3) is 0 Å². The fourth-order valence-electron chi connectivity index (χ4n) is 2.41. The van der Waals surface area contributed by atoms with E-state index in [1.54, 1.807) is 22.8 Å². The van der Waals surface area contributed by atoms with Crippen molar-refractivity contribution in [3.05, 3.63) is 76.6 Å². The lowest BCUT2D eigenvalue weighted by Crippen LogP contribution is -1.80. The molecule has 0 N–H and O–H groups in total. The molecule has 4 aromatic rings. The van der Waals surface area contributed by atoms with Gasteiger partial charge in [-0.1, -0.05) is 42.5 Å². The molecule has 112 valence electrons. The molecule has 0 radical (unpaired) electrons. The van der Waals surface area contributed by atoms with Crippen molar-refractivity contribution >= 4 is 45.3 Å². The quantitative estimate of drug-likeness (QED) is 0.416. The number of thiophene rings is 1. The number of nitrogens with zero attached hydrogens (tertiary/aromatic N) is 1. The molecule has 0 bridgehead atoms. The van der Waals surface area contributed by atoms with Crippen LogP contribution in [0.1, 0.15) is 11.3 Å². The standard InChI is InChI=1S/C19H12FNS2/c20-16(17-12-23-19(21-17)18-6-3-9-22-18)11-13-7-8-14-4-1-2-5-15(14)10-13/h1-12H/b16-11+. The third kappa shape index (κ3) is 2.96. The van der Waals surface area contributed by atoms with Crippen molar-refractivity contribution in [3.63, 3.8) is 0 Å². The first kappa shape index (κ1) is 14.3. The van der Waals surface area contributed by atoms with Crippen LogP contribution >= 0.6 is 22.7 Å². The first-order valence-electron chi connectivity index (χ1n) is 7.15. The van der Waals surface area contributed by atoms with Crippen LogP contribution in [-0.2, 0) is 0 Å². The lowest BCUT2D eigenvalue weighted by Gasteiger charge is -1.99. The molecule has 0 aliphatic rings. The average molecular weight is 337 g/mol.